The van der Waals surface area contributed by atoms with Gasteiger partial charge in [0, 0.05) is 76.2 Å². The number of rotatable bonds is 9. The van der Waals surface area contributed by atoms with E-state index in [0.29, 0.717) is 42.6 Å². The smallest absolute Gasteiger partial charge is 0.328 e. The Morgan fingerprint density at radius 2 is 1.80 bits per heavy atom. The minimum absolute atomic E-state index is 0.138. The Labute approximate surface area is 300 Å². The first-order chi connectivity index (χ1) is 24.3. The summed E-state index contributed by atoms with van der Waals surface area (Å²) in [5, 5.41) is 17.5. The van der Waals surface area contributed by atoms with E-state index in [9.17, 15) is 19.5 Å². The Morgan fingerprint density at radius 3 is 2.53 bits per heavy atom. The second-order valence-corrected chi connectivity index (χ2v) is 14.9. The fourth-order valence-electron chi connectivity index (χ4n) is 7.38. The number of nitrogens with zero attached hydrogens (tertiary/aromatic N) is 7. The Bertz CT molecular complexity index is 2210. The maximum absolute atomic E-state index is 13.0. The van der Waals surface area contributed by atoms with Crippen LogP contribution in [-0.2, 0) is 30.2 Å². The molecule has 2 aliphatic rings. The molecule has 3 N–H and O–H groups in total. The number of benzene rings is 2. The molecule has 5 heterocycles. The van der Waals surface area contributed by atoms with Crippen LogP contribution in [0.25, 0.3) is 21.9 Å². The number of hydrogen-bond acceptors (Lipinski definition) is 9. The molecule has 14 heteroatoms. The lowest BCUT2D eigenvalue weighted by Gasteiger charge is -2.38. The van der Waals surface area contributed by atoms with Gasteiger partial charge in [-0.25, -0.2) is 9.78 Å². The number of carbonyl (C=O) groups is 2. The van der Waals surface area contributed by atoms with E-state index in [1.165, 1.54) is 0 Å². The van der Waals surface area contributed by atoms with Gasteiger partial charge in [-0.1, -0.05) is 17.7 Å². The molecule has 51 heavy (non-hydrogen) atoms. The third kappa shape index (κ3) is 6.79. The summed E-state index contributed by atoms with van der Waals surface area (Å²) in [5.74, 6) is 0.286. The van der Waals surface area contributed by atoms with Crippen molar-refractivity contribution in [2.75, 3.05) is 35.3 Å². The molecular weight excluding hydrogens is 670 g/mol. The van der Waals surface area contributed by atoms with E-state index in [1.54, 1.807) is 36.2 Å². The van der Waals surface area contributed by atoms with Crippen LogP contribution >= 0.6 is 11.6 Å². The molecule has 1 unspecified atom stereocenters. The quantitative estimate of drug-likeness (QED) is 0.184. The summed E-state index contributed by atoms with van der Waals surface area (Å²) >= 11 is 6.58. The number of nitrogens with one attached hydrogen (secondary N) is 2. The Balaban J connectivity index is 1.04. The fourth-order valence-corrected chi connectivity index (χ4v) is 7.52. The van der Waals surface area contributed by atoms with Crippen LogP contribution in [0, 0.1) is 0 Å². The first-order valence-corrected chi connectivity index (χ1v) is 17.8. The van der Waals surface area contributed by atoms with Gasteiger partial charge < -0.3 is 24.8 Å². The highest BCUT2D eigenvalue weighted by Gasteiger charge is 2.31. The van der Waals surface area contributed by atoms with Gasteiger partial charge in [0.25, 0.3) is 0 Å². The predicted octanol–water partition coefficient (Wildman–Crippen LogP) is 4.81. The Kier molecular flexibility index (Phi) is 9.05. The van der Waals surface area contributed by atoms with Crippen molar-refractivity contribution in [2.24, 2.45) is 14.1 Å². The van der Waals surface area contributed by atoms with Crippen molar-refractivity contribution in [3.8, 4) is 0 Å². The highest BCUT2D eigenvalue weighted by Crippen LogP contribution is 2.35. The molecule has 0 spiro atoms. The molecule has 7 rings (SSSR count). The SMILES string of the molecule is CN(c1ncc(Cl)c(Nc2ccc3c(c2)n(CCC(C)(C)O)c(=O)n3C)n1)C1CCN(c2ccc3c(C4CCC(=O)NC4=O)cn(C)c3c2)CC1. The summed E-state index contributed by atoms with van der Waals surface area (Å²) < 4.78 is 5.36. The van der Waals surface area contributed by atoms with E-state index >= 15 is 0 Å². The lowest BCUT2D eigenvalue weighted by Crippen LogP contribution is -2.44. The number of aryl methyl sites for hydroxylation is 3. The van der Waals surface area contributed by atoms with Crippen molar-refractivity contribution in [1.82, 2.24) is 29.0 Å². The number of aromatic nitrogens is 5. The number of anilines is 4. The number of carbonyl (C=O) groups excluding carboxylic acids is 2. The van der Waals surface area contributed by atoms with Gasteiger partial charge >= 0.3 is 5.69 Å². The van der Waals surface area contributed by atoms with Gasteiger partial charge in [-0.2, -0.15) is 4.98 Å². The molecule has 2 amide bonds. The van der Waals surface area contributed by atoms with Crippen LogP contribution in [0.1, 0.15) is 57.4 Å². The van der Waals surface area contributed by atoms with Crippen LogP contribution in [0.2, 0.25) is 5.02 Å². The summed E-state index contributed by atoms with van der Waals surface area (Å²) in [6.07, 6.45) is 6.76. The van der Waals surface area contributed by atoms with Crippen LogP contribution in [0.5, 0.6) is 0 Å². The average Bonchev–Trinajstić information content (AvgIpc) is 3.55. The first kappa shape index (κ1) is 34.6. The Hall–Kier alpha value is -4.88. The van der Waals surface area contributed by atoms with Crippen LogP contribution < -0.4 is 26.1 Å². The largest absolute Gasteiger partial charge is 0.390 e. The van der Waals surface area contributed by atoms with Gasteiger partial charge in [-0.15, -0.1) is 0 Å². The highest BCUT2D eigenvalue weighted by molar-refractivity contribution is 6.33. The third-order valence-corrected chi connectivity index (χ3v) is 10.7. The molecule has 1 atom stereocenters. The van der Waals surface area contributed by atoms with Crippen LogP contribution in [0.4, 0.5) is 23.1 Å². The first-order valence-electron chi connectivity index (χ1n) is 17.4. The van der Waals surface area contributed by atoms with E-state index in [1.807, 2.05) is 38.5 Å². The van der Waals surface area contributed by atoms with Crippen LogP contribution in [-0.4, -0.2) is 72.4 Å². The predicted molar refractivity (Wildman–Crippen MR) is 200 cm³/mol. The highest BCUT2D eigenvalue weighted by atomic mass is 35.5. The van der Waals surface area contributed by atoms with E-state index in [0.717, 1.165) is 64.8 Å². The average molecular weight is 714 g/mol. The number of hydrogen-bond donors (Lipinski definition) is 3. The van der Waals surface area contributed by atoms with Gasteiger partial charge in [0.05, 0.1) is 34.3 Å². The molecule has 0 bridgehead atoms. The number of amides is 2. The second-order valence-electron chi connectivity index (χ2n) is 14.5. The van der Waals surface area contributed by atoms with E-state index in [-0.39, 0.29) is 29.5 Å². The zero-order valence-electron chi connectivity index (χ0n) is 29.6. The molecule has 2 fully saturated rings. The van der Waals surface area contributed by atoms with Crippen molar-refractivity contribution in [1.29, 1.82) is 0 Å². The van der Waals surface area contributed by atoms with Crippen LogP contribution in [0.3, 0.4) is 0 Å². The zero-order valence-corrected chi connectivity index (χ0v) is 30.4. The van der Waals surface area contributed by atoms with Gasteiger partial charge in [-0.05, 0) is 75.4 Å². The third-order valence-electron chi connectivity index (χ3n) is 10.4. The number of imidazole rings is 1. The molecule has 2 aromatic carbocycles. The summed E-state index contributed by atoms with van der Waals surface area (Å²) in [7, 11) is 5.75. The van der Waals surface area contributed by atoms with Crippen molar-refractivity contribution >= 4 is 68.5 Å². The lowest BCUT2D eigenvalue weighted by atomic mass is 9.90. The number of imide groups is 1. The number of piperidine rings is 2. The monoisotopic (exact) mass is 713 g/mol. The minimum Gasteiger partial charge on any atom is -0.390 e. The molecule has 2 saturated heterocycles. The summed E-state index contributed by atoms with van der Waals surface area (Å²) in [6, 6.07) is 12.3. The van der Waals surface area contributed by atoms with Crippen molar-refractivity contribution in [3.63, 3.8) is 0 Å². The van der Waals surface area contributed by atoms with Gasteiger partial charge in [0.2, 0.25) is 17.8 Å². The summed E-state index contributed by atoms with van der Waals surface area (Å²) in [6.45, 7) is 5.57. The normalized spacial score (nSPS) is 17.4. The van der Waals surface area contributed by atoms with E-state index < -0.39 is 5.60 Å². The molecule has 268 valence electrons. The van der Waals surface area contributed by atoms with Crippen LogP contribution in [0.15, 0.2) is 53.6 Å². The molecule has 0 saturated carbocycles. The maximum Gasteiger partial charge on any atom is 0.328 e. The zero-order chi connectivity index (χ0) is 36.2. The van der Waals surface area contributed by atoms with Crippen molar-refractivity contribution < 1.29 is 14.7 Å². The molecular formula is C37H44ClN9O4. The fraction of sp³-hybridized carbons (Fsp3) is 0.432. The van der Waals surface area contributed by atoms with Gasteiger partial charge in [0.1, 0.15) is 5.02 Å². The number of aliphatic hydroxyl groups is 1. The maximum atomic E-state index is 13.0. The van der Waals surface area contributed by atoms with E-state index in [2.05, 4.69) is 48.2 Å². The van der Waals surface area contributed by atoms with Crippen molar-refractivity contribution in [2.45, 2.75) is 70.1 Å². The van der Waals surface area contributed by atoms with Crippen molar-refractivity contribution in [3.05, 3.63) is 69.9 Å². The second kappa shape index (κ2) is 13.3. The molecule has 2 aliphatic heterocycles. The minimum atomic E-state index is -0.896. The van der Waals surface area contributed by atoms with E-state index in [4.69, 9.17) is 16.6 Å². The molecule has 0 aliphatic carbocycles. The summed E-state index contributed by atoms with van der Waals surface area (Å²) in [5.41, 5.74) is 4.40. The molecule has 5 aromatic rings. The van der Waals surface area contributed by atoms with Gasteiger partial charge in [-0.3, -0.25) is 24.0 Å². The lowest BCUT2D eigenvalue weighted by molar-refractivity contribution is -0.134. The number of fused-ring (bicyclic) bond motifs is 2. The molecule has 13 nitrogen and oxygen atoms in total. The summed E-state index contributed by atoms with van der Waals surface area (Å²) in [4.78, 5) is 51.2. The molecule has 0 radical (unpaired) electrons. The standard InChI is InChI=1S/C37H44ClN9O4/c1-37(2,51)14-17-47-31-18-22(6-10-29(31)45(5)36(47)50)40-33-28(38)20-39-35(42-33)44(4)23-12-15-46(16-13-23)24-7-8-25-27(21-43(3)30(25)19-24)26-9-11-32(48)41-34(26)49/h6-8,10,18-21,23,26,51H,9,11-17H2,1-5H3,(H,39,40,42)(H,41,48,49). The topological polar surface area (TPSA) is 143 Å². The molecule has 3 aromatic heterocycles. The van der Waals surface area contributed by atoms with Gasteiger partial charge in [0.15, 0.2) is 5.82 Å². The Morgan fingerprint density at radius 1 is 1.04 bits per heavy atom. The number of halogens is 1.